The van der Waals surface area contributed by atoms with Crippen LogP contribution in [0.2, 0.25) is 0 Å². The molecule has 0 aliphatic heterocycles. The topological polar surface area (TPSA) is 139 Å². The van der Waals surface area contributed by atoms with Crippen LogP contribution in [-0.4, -0.2) is 51.6 Å². The Hall–Kier alpha value is -3.10. The van der Waals surface area contributed by atoms with Gasteiger partial charge in [0, 0.05) is 23.5 Å². The van der Waals surface area contributed by atoms with E-state index in [9.17, 15) is 19.8 Å². The molecule has 0 saturated heterocycles. The van der Waals surface area contributed by atoms with Gasteiger partial charge in [-0.2, -0.15) is 0 Å². The Morgan fingerprint density at radius 2 is 1.88 bits per heavy atom. The van der Waals surface area contributed by atoms with E-state index in [1.165, 1.54) is 18.2 Å². The Balaban J connectivity index is 2.11. The second-order valence-electron chi connectivity index (χ2n) is 5.74. The molecule has 0 bridgehead atoms. The summed E-state index contributed by atoms with van der Waals surface area (Å²) in [7, 11) is 0. The van der Waals surface area contributed by atoms with Gasteiger partial charge in [0.1, 0.15) is 11.3 Å². The van der Waals surface area contributed by atoms with Gasteiger partial charge in [-0.1, -0.05) is 0 Å². The van der Waals surface area contributed by atoms with Crippen molar-refractivity contribution in [3.05, 3.63) is 53.1 Å². The second kappa shape index (κ2) is 8.32. The van der Waals surface area contributed by atoms with Crippen LogP contribution in [0.4, 0.5) is 11.4 Å². The summed E-state index contributed by atoms with van der Waals surface area (Å²) in [5.74, 6) is -2.11. The predicted molar refractivity (Wildman–Crippen MR) is 95.8 cm³/mol. The van der Waals surface area contributed by atoms with Gasteiger partial charge in [-0.3, -0.25) is 4.79 Å². The molecule has 1 atom stereocenters. The van der Waals surface area contributed by atoms with E-state index in [0.717, 1.165) is 5.56 Å². The first-order valence-corrected chi connectivity index (χ1v) is 7.83. The number of anilines is 2. The monoisotopic (exact) mass is 360 g/mol. The summed E-state index contributed by atoms with van der Waals surface area (Å²) in [6.07, 6.45) is -0.879. The smallest absolute Gasteiger partial charge is 0.339 e. The standard InChI is InChI=1S/C18H20N2O6/c1-10-6-11(2-4-15(10)19-8-13(22)9-21)17(24)20-12-3-5-16(23)14(7-12)18(25)26/h2-7,13,19,21-23H,8-9H2,1H3,(H,20,24)(H,25,26). The maximum Gasteiger partial charge on any atom is 0.339 e. The van der Waals surface area contributed by atoms with Crippen LogP contribution >= 0.6 is 0 Å². The minimum atomic E-state index is -1.30. The summed E-state index contributed by atoms with van der Waals surface area (Å²) < 4.78 is 0. The van der Waals surface area contributed by atoms with Crippen molar-refractivity contribution in [3.8, 4) is 5.75 Å². The van der Waals surface area contributed by atoms with E-state index in [0.29, 0.717) is 11.3 Å². The predicted octanol–water partition coefficient (Wildman–Crippen LogP) is 1.42. The van der Waals surface area contributed by atoms with Gasteiger partial charge in [0.15, 0.2) is 0 Å². The Morgan fingerprint density at radius 1 is 1.15 bits per heavy atom. The Morgan fingerprint density at radius 3 is 2.50 bits per heavy atom. The number of aliphatic hydroxyl groups excluding tert-OH is 2. The highest BCUT2D eigenvalue weighted by atomic mass is 16.4. The average molecular weight is 360 g/mol. The van der Waals surface area contributed by atoms with Crippen molar-refractivity contribution in [1.29, 1.82) is 0 Å². The van der Waals surface area contributed by atoms with Crippen LogP contribution in [0.15, 0.2) is 36.4 Å². The number of carboxylic acids is 1. The number of carbonyl (C=O) groups is 2. The highest BCUT2D eigenvalue weighted by Gasteiger charge is 2.13. The Labute approximate surface area is 149 Å². The number of aliphatic hydroxyl groups is 2. The normalized spacial score (nSPS) is 11.7. The third kappa shape index (κ3) is 4.71. The number of hydrogen-bond acceptors (Lipinski definition) is 6. The van der Waals surface area contributed by atoms with Crippen molar-refractivity contribution in [3.63, 3.8) is 0 Å². The summed E-state index contributed by atoms with van der Waals surface area (Å²) in [6, 6.07) is 8.67. The number of aryl methyl sites for hydroxylation is 1. The van der Waals surface area contributed by atoms with Crippen LogP contribution in [0.3, 0.4) is 0 Å². The van der Waals surface area contributed by atoms with Crippen molar-refractivity contribution < 1.29 is 30.0 Å². The average Bonchev–Trinajstić information content (AvgIpc) is 2.61. The van der Waals surface area contributed by atoms with Crippen LogP contribution in [0.5, 0.6) is 5.75 Å². The maximum absolute atomic E-state index is 12.3. The van der Waals surface area contributed by atoms with E-state index >= 15 is 0 Å². The third-order valence-electron chi connectivity index (χ3n) is 3.71. The van der Waals surface area contributed by atoms with E-state index in [1.54, 1.807) is 25.1 Å². The summed E-state index contributed by atoms with van der Waals surface area (Å²) in [6.45, 7) is 1.61. The SMILES string of the molecule is Cc1cc(C(=O)Nc2ccc(O)c(C(=O)O)c2)ccc1NCC(O)CO. The molecular formula is C18H20N2O6. The summed E-state index contributed by atoms with van der Waals surface area (Å²) in [5.41, 5.74) is 1.78. The van der Waals surface area contributed by atoms with Gasteiger partial charge in [-0.25, -0.2) is 4.79 Å². The number of hydrogen-bond donors (Lipinski definition) is 6. The highest BCUT2D eigenvalue weighted by Crippen LogP contribution is 2.22. The molecule has 0 saturated carbocycles. The lowest BCUT2D eigenvalue weighted by atomic mass is 10.1. The molecule has 2 aromatic rings. The largest absolute Gasteiger partial charge is 0.507 e. The molecule has 0 radical (unpaired) electrons. The molecule has 0 heterocycles. The number of benzene rings is 2. The summed E-state index contributed by atoms with van der Waals surface area (Å²) >= 11 is 0. The van der Waals surface area contributed by atoms with E-state index in [1.807, 2.05) is 0 Å². The van der Waals surface area contributed by atoms with Crippen LogP contribution in [0, 0.1) is 6.92 Å². The first-order valence-electron chi connectivity index (χ1n) is 7.83. The fraction of sp³-hybridized carbons (Fsp3) is 0.222. The number of aromatic carboxylic acids is 1. The number of nitrogens with one attached hydrogen (secondary N) is 2. The van der Waals surface area contributed by atoms with Gasteiger partial charge in [-0.15, -0.1) is 0 Å². The van der Waals surface area contributed by atoms with Crippen molar-refractivity contribution in [2.24, 2.45) is 0 Å². The van der Waals surface area contributed by atoms with Gasteiger partial charge in [0.05, 0.1) is 12.7 Å². The van der Waals surface area contributed by atoms with Crippen molar-refractivity contribution >= 4 is 23.3 Å². The first-order chi connectivity index (χ1) is 12.3. The molecule has 0 aromatic heterocycles. The van der Waals surface area contributed by atoms with E-state index in [-0.39, 0.29) is 30.2 Å². The number of phenols is 1. The fourth-order valence-corrected chi connectivity index (χ4v) is 2.28. The molecule has 138 valence electrons. The zero-order valence-corrected chi connectivity index (χ0v) is 14.1. The molecule has 6 N–H and O–H groups in total. The lowest BCUT2D eigenvalue weighted by molar-refractivity contribution is 0.0693. The molecule has 0 spiro atoms. The molecule has 8 nitrogen and oxygen atoms in total. The lowest BCUT2D eigenvalue weighted by Gasteiger charge is -2.14. The quantitative estimate of drug-likeness (QED) is 0.410. The Bertz CT molecular complexity index is 821. The van der Waals surface area contributed by atoms with Gasteiger partial charge < -0.3 is 31.1 Å². The first kappa shape index (κ1) is 19.2. The van der Waals surface area contributed by atoms with Crippen molar-refractivity contribution in [2.75, 3.05) is 23.8 Å². The van der Waals surface area contributed by atoms with Gasteiger partial charge >= 0.3 is 5.97 Å². The van der Waals surface area contributed by atoms with Gasteiger partial charge in [0.25, 0.3) is 5.91 Å². The number of carbonyl (C=O) groups excluding carboxylic acids is 1. The van der Waals surface area contributed by atoms with Crippen LogP contribution in [0.25, 0.3) is 0 Å². The van der Waals surface area contributed by atoms with Crippen molar-refractivity contribution in [1.82, 2.24) is 0 Å². The van der Waals surface area contributed by atoms with Crippen molar-refractivity contribution in [2.45, 2.75) is 13.0 Å². The number of amides is 1. The molecule has 0 aliphatic rings. The molecule has 1 amide bonds. The lowest BCUT2D eigenvalue weighted by Crippen LogP contribution is -2.23. The second-order valence-corrected chi connectivity index (χ2v) is 5.74. The van der Waals surface area contributed by atoms with Crippen LogP contribution < -0.4 is 10.6 Å². The van der Waals surface area contributed by atoms with E-state index in [2.05, 4.69) is 10.6 Å². The minimum Gasteiger partial charge on any atom is -0.507 e. The van der Waals surface area contributed by atoms with Crippen LogP contribution in [0.1, 0.15) is 26.3 Å². The number of carboxylic acid groups (broad SMARTS) is 1. The Kier molecular flexibility index (Phi) is 6.16. The summed E-state index contributed by atoms with van der Waals surface area (Å²) in [4.78, 5) is 23.4. The maximum atomic E-state index is 12.3. The minimum absolute atomic E-state index is 0.175. The molecule has 26 heavy (non-hydrogen) atoms. The number of aromatic hydroxyl groups is 1. The zero-order valence-electron chi connectivity index (χ0n) is 14.1. The number of rotatable bonds is 7. The van der Waals surface area contributed by atoms with Crippen LogP contribution in [-0.2, 0) is 0 Å². The van der Waals surface area contributed by atoms with Gasteiger partial charge in [0.2, 0.25) is 0 Å². The zero-order chi connectivity index (χ0) is 19.3. The molecule has 0 aliphatic carbocycles. The molecule has 2 aromatic carbocycles. The molecule has 8 heteroatoms. The highest BCUT2D eigenvalue weighted by molar-refractivity contribution is 6.05. The van der Waals surface area contributed by atoms with E-state index < -0.39 is 18.0 Å². The van der Waals surface area contributed by atoms with E-state index in [4.69, 9.17) is 10.2 Å². The molecule has 2 rings (SSSR count). The molecule has 1 unspecified atom stereocenters. The molecule has 0 fully saturated rings. The fourth-order valence-electron chi connectivity index (χ4n) is 2.28. The molecular weight excluding hydrogens is 340 g/mol. The third-order valence-corrected chi connectivity index (χ3v) is 3.71. The van der Waals surface area contributed by atoms with Gasteiger partial charge in [-0.05, 0) is 48.9 Å². The summed E-state index contributed by atoms with van der Waals surface area (Å²) in [5, 5.41) is 42.2.